The van der Waals surface area contributed by atoms with Crippen molar-refractivity contribution in [2.45, 2.75) is 80.7 Å². The van der Waals surface area contributed by atoms with Crippen LogP contribution < -0.4 is 10.6 Å². The molecule has 0 spiro atoms. The van der Waals surface area contributed by atoms with Gasteiger partial charge in [0.15, 0.2) is 11.4 Å². The maximum Gasteiger partial charge on any atom is 0.319 e. The van der Waals surface area contributed by atoms with Crippen LogP contribution in [0.4, 0.5) is 10.5 Å². The monoisotopic (exact) mass is 588 g/mol. The van der Waals surface area contributed by atoms with Crippen molar-refractivity contribution < 1.29 is 19.4 Å². The van der Waals surface area contributed by atoms with Gasteiger partial charge in [0.2, 0.25) is 0 Å². The van der Waals surface area contributed by atoms with Crippen LogP contribution in [0.25, 0.3) is 0 Å². The van der Waals surface area contributed by atoms with Crippen LogP contribution in [0.2, 0.25) is 0 Å². The van der Waals surface area contributed by atoms with Crippen LogP contribution in [0.1, 0.15) is 74.0 Å². The summed E-state index contributed by atoms with van der Waals surface area (Å²) in [5.74, 6) is 3.06. The number of aliphatic hydroxyl groups excluding tert-OH is 1. The molecular formula is C33H40N4O4S. The lowest BCUT2D eigenvalue weighted by molar-refractivity contribution is -0.245. The standard InChI is InChI=1S/C33H40N4O4S/c1-37-10-9-34-32(37)42-20-28-15-29(25-7-5-21(19-38)6-8-25)41-30(40-28)26-3-2-4-27(14-26)35-31(39)36-33-16-22-11-23(17-33)13-24(12-22)18-33/h2-10,14,22-24,28-30,38H,11-13,15-20H2,1H3,(H2,35,36,39)/t22?,23?,24?,28-,29+,30+,33?/m0/s1. The van der Waals surface area contributed by atoms with Crippen LogP contribution in [-0.4, -0.2) is 38.1 Å². The number of anilines is 1. The van der Waals surface area contributed by atoms with Crippen LogP contribution in [0.3, 0.4) is 0 Å². The van der Waals surface area contributed by atoms with E-state index in [1.54, 1.807) is 18.0 Å². The summed E-state index contributed by atoms with van der Waals surface area (Å²) in [4.78, 5) is 17.7. The number of urea groups is 1. The number of ether oxygens (including phenoxy) is 2. The third kappa shape index (κ3) is 5.97. The summed E-state index contributed by atoms with van der Waals surface area (Å²) in [5, 5.41) is 17.0. The molecule has 0 unspecified atom stereocenters. The molecule has 2 heterocycles. The van der Waals surface area contributed by atoms with E-state index in [1.807, 2.05) is 66.3 Å². The van der Waals surface area contributed by atoms with E-state index in [1.165, 1.54) is 19.3 Å². The van der Waals surface area contributed by atoms with E-state index in [4.69, 9.17) is 9.47 Å². The number of aryl methyl sites for hydroxylation is 1. The van der Waals surface area contributed by atoms with E-state index in [0.29, 0.717) is 6.42 Å². The minimum atomic E-state index is -0.582. The zero-order valence-electron chi connectivity index (χ0n) is 24.1. The van der Waals surface area contributed by atoms with E-state index in [9.17, 15) is 9.90 Å². The smallest absolute Gasteiger partial charge is 0.319 e. The molecule has 4 saturated carbocycles. The molecule has 4 bridgehead atoms. The molecule has 5 aliphatic rings. The number of thioether (sulfide) groups is 1. The van der Waals surface area contributed by atoms with Gasteiger partial charge >= 0.3 is 6.03 Å². The number of carbonyl (C=O) groups excluding carboxylic acids is 1. The zero-order chi connectivity index (χ0) is 28.7. The van der Waals surface area contributed by atoms with E-state index in [-0.39, 0.29) is 30.4 Å². The topological polar surface area (TPSA) is 97.6 Å². The average Bonchev–Trinajstić information content (AvgIpc) is 3.39. The predicted molar refractivity (Wildman–Crippen MR) is 162 cm³/mol. The molecule has 4 aliphatic carbocycles. The highest BCUT2D eigenvalue weighted by Gasteiger charge is 2.51. The van der Waals surface area contributed by atoms with Crippen LogP contribution in [0.15, 0.2) is 66.1 Å². The Morgan fingerprint density at radius 1 is 1.02 bits per heavy atom. The summed E-state index contributed by atoms with van der Waals surface area (Å²) in [6, 6.07) is 15.6. The highest BCUT2D eigenvalue weighted by atomic mass is 32.2. The van der Waals surface area contributed by atoms with Crippen LogP contribution in [0, 0.1) is 17.8 Å². The first-order valence-corrected chi connectivity index (χ1v) is 16.2. The molecule has 8 nitrogen and oxygen atoms in total. The Labute approximate surface area is 251 Å². The SMILES string of the molecule is Cn1ccnc1SC[C@@H]1C[C@H](c2ccc(CO)cc2)O[C@H](c2cccc(NC(=O)NC34CC5CC(CC(C5)C3)C4)c2)O1. The number of carbonyl (C=O) groups is 1. The first-order valence-electron chi connectivity index (χ1n) is 15.2. The quantitative estimate of drug-likeness (QED) is 0.266. The Morgan fingerprint density at radius 3 is 2.43 bits per heavy atom. The van der Waals surface area contributed by atoms with Gasteiger partial charge in [-0.2, -0.15) is 0 Å². The lowest BCUT2D eigenvalue weighted by atomic mass is 9.53. The summed E-state index contributed by atoms with van der Waals surface area (Å²) >= 11 is 1.67. The average molecular weight is 589 g/mol. The third-order valence-corrected chi connectivity index (χ3v) is 10.8. The highest BCUT2D eigenvalue weighted by molar-refractivity contribution is 7.99. The van der Waals surface area contributed by atoms with Crippen molar-refractivity contribution in [3.63, 3.8) is 0 Å². The summed E-state index contributed by atoms with van der Waals surface area (Å²) < 4.78 is 15.1. The maximum absolute atomic E-state index is 13.2. The minimum absolute atomic E-state index is 0.0106. The molecule has 42 heavy (non-hydrogen) atoms. The third-order valence-electron chi connectivity index (χ3n) is 9.62. The Kier molecular flexibility index (Phi) is 7.77. The molecule has 222 valence electrons. The van der Waals surface area contributed by atoms with Crippen molar-refractivity contribution in [2.24, 2.45) is 24.8 Å². The number of benzene rings is 2. The molecule has 2 aromatic carbocycles. The van der Waals surface area contributed by atoms with Crippen LogP contribution in [0.5, 0.6) is 0 Å². The van der Waals surface area contributed by atoms with Gasteiger partial charge in [-0.1, -0.05) is 48.2 Å². The van der Waals surface area contributed by atoms with Gasteiger partial charge in [-0.05, 0) is 79.5 Å². The molecule has 8 rings (SSSR count). The Hall–Kier alpha value is -2.85. The van der Waals surface area contributed by atoms with Crippen molar-refractivity contribution in [1.82, 2.24) is 14.9 Å². The van der Waals surface area contributed by atoms with E-state index >= 15 is 0 Å². The second-order valence-corrected chi connectivity index (χ2v) is 13.9. The first kappa shape index (κ1) is 28.0. The zero-order valence-corrected chi connectivity index (χ0v) is 24.9. The van der Waals surface area contributed by atoms with Gasteiger partial charge in [-0.15, -0.1) is 0 Å². The van der Waals surface area contributed by atoms with Crippen LogP contribution in [-0.2, 0) is 23.1 Å². The van der Waals surface area contributed by atoms with Crippen molar-refractivity contribution in [1.29, 1.82) is 0 Å². The van der Waals surface area contributed by atoms with Gasteiger partial charge < -0.3 is 29.8 Å². The predicted octanol–water partition coefficient (Wildman–Crippen LogP) is 6.34. The summed E-state index contributed by atoms with van der Waals surface area (Å²) in [6.07, 6.45) is 11.0. The number of amides is 2. The molecule has 0 radical (unpaired) electrons. The lowest BCUT2D eigenvalue weighted by Crippen LogP contribution is -2.60. The number of nitrogens with one attached hydrogen (secondary N) is 2. The largest absolute Gasteiger partial charge is 0.392 e. The number of aromatic nitrogens is 2. The van der Waals surface area contributed by atoms with Crippen molar-refractivity contribution in [3.05, 3.63) is 77.6 Å². The number of imidazole rings is 1. The highest BCUT2D eigenvalue weighted by Crippen LogP contribution is 2.55. The maximum atomic E-state index is 13.2. The molecule has 9 heteroatoms. The molecule has 3 aromatic rings. The number of rotatable bonds is 8. The second-order valence-electron chi connectivity index (χ2n) is 12.9. The normalized spacial score (nSPS) is 31.7. The van der Waals surface area contributed by atoms with E-state index < -0.39 is 6.29 Å². The molecule has 3 atom stereocenters. The fourth-order valence-electron chi connectivity index (χ4n) is 8.11. The molecule has 1 aliphatic heterocycles. The van der Waals surface area contributed by atoms with E-state index in [0.717, 1.165) is 70.3 Å². The number of hydrogen-bond donors (Lipinski definition) is 3. The van der Waals surface area contributed by atoms with E-state index in [2.05, 4.69) is 15.6 Å². The number of nitrogens with zero attached hydrogens (tertiary/aromatic N) is 2. The van der Waals surface area contributed by atoms with Gasteiger partial charge in [0.25, 0.3) is 0 Å². The van der Waals surface area contributed by atoms with Gasteiger partial charge in [0.1, 0.15) is 0 Å². The molecule has 1 aromatic heterocycles. The molecule has 2 amide bonds. The van der Waals surface area contributed by atoms with Gasteiger partial charge in [-0.3, -0.25) is 0 Å². The van der Waals surface area contributed by atoms with Gasteiger partial charge in [-0.25, -0.2) is 9.78 Å². The van der Waals surface area contributed by atoms with Crippen molar-refractivity contribution in [3.8, 4) is 0 Å². The Bertz CT molecular complexity index is 1370. The molecule has 3 N–H and O–H groups in total. The lowest BCUT2D eigenvalue weighted by Gasteiger charge is -2.56. The fourth-order valence-corrected chi connectivity index (χ4v) is 9.06. The Morgan fingerprint density at radius 2 is 1.76 bits per heavy atom. The molecule has 5 fully saturated rings. The van der Waals surface area contributed by atoms with Crippen molar-refractivity contribution in [2.75, 3.05) is 11.1 Å². The molecule has 1 saturated heterocycles. The van der Waals surface area contributed by atoms with Crippen LogP contribution >= 0.6 is 11.8 Å². The number of aliphatic hydroxyl groups is 1. The minimum Gasteiger partial charge on any atom is -0.392 e. The Balaban J connectivity index is 1.06. The fraction of sp³-hybridized carbons (Fsp3) is 0.515. The van der Waals surface area contributed by atoms with Crippen molar-refractivity contribution >= 4 is 23.5 Å². The first-order chi connectivity index (χ1) is 20.4. The number of hydrogen-bond acceptors (Lipinski definition) is 6. The summed E-state index contributed by atoms with van der Waals surface area (Å²) in [5.41, 5.74) is 3.48. The second kappa shape index (κ2) is 11.7. The van der Waals surface area contributed by atoms with Gasteiger partial charge in [0.05, 0.1) is 18.8 Å². The van der Waals surface area contributed by atoms with Gasteiger partial charge in [0, 0.05) is 48.4 Å². The molecular weight excluding hydrogens is 548 g/mol. The summed E-state index contributed by atoms with van der Waals surface area (Å²) in [7, 11) is 1.99. The summed E-state index contributed by atoms with van der Waals surface area (Å²) in [6.45, 7) is 0.0106.